The lowest BCUT2D eigenvalue weighted by Crippen LogP contribution is -2.26. The molecule has 7 nitrogen and oxygen atoms in total. The topological polar surface area (TPSA) is 104 Å². The lowest BCUT2D eigenvalue weighted by molar-refractivity contribution is -0.115. The first-order valence-electron chi connectivity index (χ1n) is 9.53. The molecule has 0 fully saturated rings. The van der Waals surface area contributed by atoms with Gasteiger partial charge in [0, 0.05) is 26.9 Å². The molecule has 32 heavy (non-hydrogen) atoms. The molecule has 3 aromatic carbocycles. The Morgan fingerprint density at radius 2 is 1.78 bits per heavy atom. The Morgan fingerprint density at radius 1 is 1.03 bits per heavy atom. The van der Waals surface area contributed by atoms with Crippen molar-refractivity contribution in [1.29, 1.82) is 0 Å². The maximum atomic E-state index is 12.7. The van der Waals surface area contributed by atoms with Gasteiger partial charge in [0.2, 0.25) is 5.91 Å². The molecule has 1 unspecified atom stereocenters. The van der Waals surface area contributed by atoms with Crippen LogP contribution in [0.2, 0.25) is 5.02 Å². The van der Waals surface area contributed by atoms with Crippen molar-refractivity contribution in [2.45, 2.75) is 22.0 Å². The molecule has 0 radical (unpaired) electrons. The van der Waals surface area contributed by atoms with Crippen molar-refractivity contribution in [2.24, 2.45) is 0 Å². The molecule has 0 saturated heterocycles. The molecule has 0 aliphatic carbocycles. The van der Waals surface area contributed by atoms with Gasteiger partial charge in [0.15, 0.2) is 0 Å². The molecule has 164 valence electrons. The van der Waals surface area contributed by atoms with E-state index in [-0.39, 0.29) is 16.1 Å². The van der Waals surface area contributed by atoms with E-state index in [0.717, 1.165) is 4.90 Å². The van der Waals surface area contributed by atoms with Crippen LogP contribution in [-0.2, 0) is 14.8 Å². The van der Waals surface area contributed by atoms with Gasteiger partial charge in [-0.05, 0) is 67.6 Å². The second kappa shape index (κ2) is 8.85. The van der Waals surface area contributed by atoms with Crippen molar-refractivity contribution in [3.05, 3.63) is 77.3 Å². The molecule has 0 aromatic heterocycles. The summed E-state index contributed by atoms with van der Waals surface area (Å²) < 4.78 is 27.9. The highest BCUT2D eigenvalue weighted by molar-refractivity contribution is 8.01. The number of benzene rings is 3. The van der Waals surface area contributed by atoms with Crippen LogP contribution in [0.25, 0.3) is 0 Å². The molecular formula is C22H18ClN3O4S2. The summed E-state index contributed by atoms with van der Waals surface area (Å²) >= 11 is 7.26. The summed E-state index contributed by atoms with van der Waals surface area (Å²) in [7, 11) is -3.87. The van der Waals surface area contributed by atoms with Crippen LogP contribution in [0.15, 0.2) is 76.5 Å². The van der Waals surface area contributed by atoms with E-state index in [1.54, 1.807) is 48.5 Å². The van der Waals surface area contributed by atoms with E-state index < -0.39 is 15.9 Å². The Hall–Kier alpha value is -3.01. The quantitative estimate of drug-likeness (QED) is 0.478. The maximum absolute atomic E-state index is 12.7. The molecule has 3 N–H and O–H groups in total. The third kappa shape index (κ3) is 4.90. The number of amides is 2. The van der Waals surface area contributed by atoms with Gasteiger partial charge in [-0.15, -0.1) is 11.8 Å². The molecule has 0 bridgehead atoms. The number of nitrogens with one attached hydrogen (secondary N) is 3. The van der Waals surface area contributed by atoms with Crippen LogP contribution in [0.5, 0.6) is 0 Å². The monoisotopic (exact) mass is 487 g/mol. The van der Waals surface area contributed by atoms with Crippen LogP contribution in [-0.4, -0.2) is 25.5 Å². The molecule has 0 saturated carbocycles. The van der Waals surface area contributed by atoms with Gasteiger partial charge >= 0.3 is 0 Å². The summed E-state index contributed by atoms with van der Waals surface area (Å²) in [6.45, 7) is 1.81. The largest absolute Gasteiger partial charge is 0.324 e. The smallest absolute Gasteiger partial charge is 0.261 e. The molecule has 4 rings (SSSR count). The van der Waals surface area contributed by atoms with Crippen LogP contribution in [0.4, 0.5) is 17.1 Å². The summed E-state index contributed by atoms with van der Waals surface area (Å²) in [6.07, 6.45) is 0. The Labute approximate surface area is 194 Å². The summed E-state index contributed by atoms with van der Waals surface area (Å²) in [5.74, 6) is -0.544. The van der Waals surface area contributed by atoms with Crippen LogP contribution in [0, 0.1) is 0 Å². The zero-order valence-corrected chi connectivity index (χ0v) is 19.1. The predicted octanol–water partition coefficient (Wildman–Crippen LogP) is 4.83. The van der Waals surface area contributed by atoms with E-state index in [0.29, 0.717) is 27.6 Å². The van der Waals surface area contributed by atoms with Crippen LogP contribution >= 0.6 is 23.4 Å². The van der Waals surface area contributed by atoms with Gasteiger partial charge in [-0.2, -0.15) is 0 Å². The van der Waals surface area contributed by atoms with E-state index in [2.05, 4.69) is 15.4 Å². The van der Waals surface area contributed by atoms with Crippen LogP contribution in [0.3, 0.4) is 0 Å². The molecule has 1 heterocycles. The highest BCUT2D eigenvalue weighted by atomic mass is 35.5. The van der Waals surface area contributed by atoms with Crippen molar-refractivity contribution in [2.75, 3.05) is 15.4 Å². The van der Waals surface area contributed by atoms with Gasteiger partial charge in [0.05, 0.1) is 15.8 Å². The molecule has 10 heteroatoms. The number of hydrogen-bond donors (Lipinski definition) is 3. The summed E-state index contributed by atoms with van der Waals surface area (Å²) in [4.78, 5) is 25.5. The fraction of sp³-hybridized carbons (Fsp3) is 0.0909. The second-order valence-electron chi connectivity index (χ2n) is 7.05. The predicted molar refractivity (Wildman–Crippen MR) is 127 cm³/mol. The third-order valence-corrected chi connectivity index (χ3v) is 7.48. The average Bonchev–Trinajstić information content (AvgIpc) is 2.76. The van der Waals surface area contributed by atoms with E-state index in [4.69, 9.17) is 11.6 Å². The number of carbonyl (C=O) groups excluding carboxylic acids is 2. The number of rotatable bonds is 5. The molecule has 2 amide bonds. The SMILES string of the molecule is CC1Sc2ccc(C(=O)Nc3cccc(S(=O)(=O)Nc4ccc(Cl)cc4)c3)cc2NC1=O. The number of fused-ring (bicyclic) bond motifs is 1. The van der Waals surface area contributed by atoms with Crippen molar-refractivity contribution in [3.8, 4) is 0 Å². The molecular weight excluding hydrogens is 470 g/mol. The zero-order chi connectivity index (χ0) is 22.9. The van der Waals surface area contributed by atoms with Crippen LogP contribution in [0.1, 0.15) is 17.3 Å². The first-order valence-corrected chi connectivity index (χ1v) is 12.3. The molecule has 0 spiro atoms. The average molecular weight is 488 g/mol. The lowest BCUT2D eigenvalue weighted by atomic mass is 10.1. The molecule has 1 aliphatic rings. The Kier molecular flexibility index (Phi) is 6.14. The Morgan fingerprint density at radius 3 is 2.53 bits per heavy atom. The number of hydrogen-bond acceptors (Lipinski definition) is 5. The minimum absolute atomic E-state index is 0.00616. The van der Waals surface area contributed by atoms with Crippen molar-refractivity contribution < 1.29 is 18.0 Å². The fourth-order valence-corrected chi connectivity index (χ4v) is 5.19. The number of anilines is 3. The summed E-state index contributed by atoms with van der Waals surface area (Å²) in [5, 5.41) is 5.78. The number of halogens is 1. The standard InChI is InChI=1S/C22H18ClN3O4S2/c1-13-21(27)25-19-11-14(5-10-20(19)31-13)22(28)24-17-3-2-4-18(12-17)32(29,30)26-16-8-6-15(23)7-9-16/h2-13,26H,1H3,(H,24,28)(H,25,27). The molecule has 1 aliphatic heterocycles. The van der Waals surface area contributed by atoms with E-state index >= 15 is 0 Å². The highest BCUT2D eigenvalue weighted by Crippen LogP contribution is 2.36. The van der Waals surface area contributed by atoms with Crippen molar-refractivity contribution >= 4 is 62.3 Å². The number of carbonyl (C=O) groups is 2. The molecule has 1 atom stereocenters. The van der Waals surface area contributed by atoms with Gasteiger partial charge in [-0.3, -0.25) is 14.3 Å². The van der Waals surface area contributed by atoms with E-state index in [1.165, 1.54) is 30.0 Å². The normalized spacial score (nSPS) is 15.4. The van der Waals surface area contributed by atoms with Gasteiger partial charge < -0.3 is 10.6 Å². The fourth-order valence-electron chi connectivity index (χ4n) is 3.03. The maximum Gasteiger partial charge on any atom is 0.261 e. The number of sulfonamides is 1. The number of thioether (sulfide) groups is 1. The minimum Gasteiger partial charge on any atom is -0.324 e. The molecule has 3 aromatic rings. The van der Waals surface area contributed by atoms with Gasteiger partial charge in [-0.1, -0.05) is 17.7 Å². The second-order valence-corrected chi connectivity index (χ2v) is 10.6. The van der Waals surface area contributed by atoms with Gasteiger partial charge in [-0.25, -0.2) is 8.42 Å². The summed E-state index contributed by atoms with van der Waals surface area (Å²) in [6, 6.07) is 17.2. The van der Waals surface area contributed by atoms with Crippen molar-refractivity contribution in [3.63, 3.8) is 0 Å². The van der Waals surface area contributed by atoms with E-state index in [9.17, 15) is 18.0 Å². The van der Waals surface area contributed by atoms with Crippen LogP contribution < -0.4 is 15.4 Å². The van der Waals surface area contributed by atoms with Crippen molar-refractivity contribution in [1.82, 2.24) is 0 Å². The van der Waals surface area contributed by atoms with Gasteiger partial charge in [0.25, 0.3) is 15.9 Å². The minimum atomic E-state index is -3.87. The zero-order valence-electron chi connectivity index (χ0n) is 16.8. The van der Waals surface area contributed by atoms with Gasteiger partial charge in [0.1, 0.15) is 0 Å². The Bertz CT molecular complexity index is 1310. The first kappa shape index (κ1) is 22.2. The highest BCUT2D eigenvalue weighted by Gasteiger charge is 2.24. The Balaban J connectivity index is 1.51. The third-order valence-electron chi connectivity index (χ3n) is 4.67. The summed E-state index contributed by atoms with van der Waals surface area (Å²) in [5.41, 5.74) is 1.60. The lowest BCUT2D eigenvalue weighted by Gasteiger charge is -2.21. The van der Waals surface area contributed by atoms with E-state index in [1.807, 2.05) is 6.92 Å². The first-order chi connectivity index (χ1) is 15.2.